The van der Waals surface area contributed by atoms with Gasteiger partial charge in [0.25, 0.3) is 5.56 Å². The van der Waals surface area contributed by atoms with Crippen molar-refractivity contribution >= 4 is 28.5 Å². The zero-order valence-corrected chi connectivity index (χ0v) is 12.4. The predicted octanol–water partition coefficient (Wildman–Crippen LogP) is 0.611. The highest BCUT2D eigenvalue weighted by molar-refractivity contribution is 6.17. The van der Waals surface area contributed by atoms with Crippen molar-refractivity contribution in [2.75, 3.05) is 11.6 Å². The topological polar surface area (TPSA) is 87.8 Å². The molecule has 0 saturated heterocycles. The van der Waals surface area contributed by atoms with Gasteiger partial charge in [0.1, 0.15) is 11.2 Å². The lowest BCUT2D eigenvalue weighted by Crippen LogP contribution is -2.39. The molecule has 0 aliphatic heterocycles. The standard InChI is InChI=1S/C12H18ClN5O2/c1-3-6-17-11(19)8-9(14)18(7-5-13)15-10(8)16(4-2)12(17)20/h3-7,14H2,1-2H3. The third-order valence-electron chi connectivity index (χ3n) is 3.21. The Hall–Kier alpha value is -1.76. The first-order valence-electron chi connectivity index (χ1n) is 6.62. The van der Waals surface area contributed by atoms with Gasteiger partial charge in [-0.25, -0.2) is 9.48 Å². The number of fused-ring (bicyclic) bond motifs is 1. The van der Waals surface area contributed by atoms with Crippen LogP contribution in [0, 0.1) is 0 Å². The van der Waals surface area contributed by atoms with Gasteiger partial charge in [-0.05, 0) is 13.3 Å². The summed E-state index contributed by atoms with van der Waals surface area (Å²) in [6, 6.07) is 0. The lowest BCUT2D eigenvalue weighted by atomic mass is 10.3. The van der Waals surface area contributed by atoms with Gasteiger partial charge in [-0.2, -0.15) is 5.10 Å². The first kappa shape index (κ1) is 14.6. The van der Waals surface area contributed by atoms with E-state index in [9.17, 15) is 9.59 Å². The second kappa shape index (κ2) is 5.70. The van der Waals surface area contributed by atoms with Crippen molar-refractivity contribution in [2.24, 2.45) is 0 Å². The summed E-state index contributed by atoms with van der Waals surface area (Å²) in [5, 5.41) is 4.55. The number of alkyl halides is 1. The summed E-state index contributed by atoms with van der Waals surface area (Å²) in [5.74, 6) is 0.593. The Balaban J connectivity index is 2.90. The van der Waals surface area contributed by atoms with E-state index in [0.717, 1.165) is 0 Å². The van der Waals surface area contributed by atoms with Crippen LogP contribution in [0.2, 0.25) is 0 Å². The first-order valence-corrected chi connectivity index (χ1v) is 7.15. The van der Waals surface area contributed by atoms with Crippen LogP contribution in [0.4, 0.5) is 5.82 Å². The van der Waals surface area contributed by atoms with Gasteiger partial charge in [0.15, 0.2) is 5.65 Å². The van der Waals surface area contributed by atoms with E-state index < -0.39 is 0 Å². The van der Waals surface area contributed by atoms with Crippen LogP contribution >= 0.6 is 11.6 Å². The van der Waals surface area contributed by atoms with Gasteiger partial charge in [-0.15, -0.1) is 11.6 Å². The number of nitrogens with zero attached hydrogens (tertiary/aromatic N) is 4. The molecule has 2 N–H and O–H groups in total. The minimum Gasteiger partial charge on any atom is -0.383 e. The summed E-state index contributed by atoms with van der Waals surface area (Å²) in [6.07, 6.45) is 0.695. The van der Waals surface area contributed by atoms with Crippen LogP contribution in [0.5, 0.6) is 0 Å². The average Bonchev–Trinajstić information content (AvgIpc) is 2.73. The summed E-state index contributed by atoms with van der Waals surface area (Å²) in [4.78, 5) is 24.7. The van der Waals surface area contributed by atoms with E-state index in [4.69, 9.17) is 17.3 Å². The number of rotatable bonds is 5. The summed E-state index contributed by atoms with van der Waals surface area (Å²) in [5.41, 5.74) is 5.58. The Labute approximate surface area is 120 Å². The van der Waals surface area contributed by atoms with E-state index in [2.05, 4.69) is 5.10 Å². The molecule has 0 atom stereocenters. The molecule has 0 unspecified atom stereocenters. The smallest absolute Gasteiger partial charge is 0.332 e. The number of nitrogens with two attached hydrogens (primary N) is 1. The predicted molar refractivity (Wildman–Crippen MR) is 79.4 cm³/mol. The highest BCUT2D eigenvalue weighted by Crippen LogP contribution is 2.15. The number of hydrogen-bond donors (Lipinski definition) is 1. The maximum atomic E-state index is 12.4. The van der Waals surface area contributed by atoms with Crippen LogP contribution in [0.15, 0.2) is 9.59 Å². The Bertz CT molecular complexity index is 743. The van der Waals surface area contributed by atoms with Crippen LogP contribution < -0.4 is 17.0 Å². The van der Waals surface area contributed by atoms with Gasteiger partial charge < -0.3 is 5.73 Å². The number of nitrogen functional groups attached to an aromatic ring is 1. The summed E-state index contributed by atoms with van der Waals surface area (Å²) in [6.45, 7) is 4.93. The maximum absolute atomic E-state index is 12.4. The highest BCUT2D eigenvalue weighted by Gasteiger charge is 2.19. The molecule has 2 heterocycles. The molecule has 110 valence electrons. The maximum Gasteiger partial charge on any atom is 0.332 e. The normalized spacial score (nSPS) is 11.3. The van der Waals surface area contributed by atoms with Gasteiger partial charge in [0, 0.05) is 19.0 Å². The Morgan fingerprint density at radius 2 is 1.90 bits per heavy atom. The van der Waals surface area contributed by atoms with Gasteiger partial charge in [-0.1, -0.05) is 6.92 Å². The minimum atomic E-state index is -0.380. The average molecular weight is 300 g/mol. The van der Waals surface area contributed by atoms with Crippen molar-refractivity contribution in [3.63, 3.8) is 0 Å². The summed E-state index contributed by atoms with van der Waals surface area (Å²) >= 11 is 5.69. The van der Waals surface area contributed by atoms with E-state index in [0.29, 0.717) is 43.0 Å². The van der Waals surface area contributed by atoms with E-state index in [1.165, 1.54) is 13.8 Å². The van der Waals surface area contributed by atoms with Crippen molar-refractivity contribution in [3.8, 4) is 0 Å². The van der Waals surface area contributed by atoms with Gasteiger partial charge in [0.05, 0.1) is 6.54 Å². The van der Waals surface area contributed by atoms with Crippen molar-refractivity contribution in [3.05, 3.63) is 20.8 Å². The number of hydrogen-bond acceptors (Lipinski definition) is 4. The zero-order valence-electron chi connectivity index (χ0n) is 11.6. The lowest BCUT2D eigenvalue weighted by molar-refractivity contribution is 0.570. The number of aromatic nitrogens is 4. The third-order valence-corrected chi connectivity index (χ3v) is 3.38. The van der Waals surface area contributed by atoms with Crippen molar-refractivity contribution in [1.29, 1.82) is 0 Å². The van der Waals surface area contributed by atoms with E-state index >= 15 is 0 Å². The van der Waals surface area contributed by atoms with Crippen molar-refractivity contribution in [1.82, 2.24) is 18.9 Å². The minimum absolute atomic E-state index is 0.262. The quantitative estimate of drug-likeness (QED) is 0.819. The fourth-order valence-corrected chi connectivity index (χ4v) is 2.43. The van der Waals surface area contributed by atoms with Crippen LogP contribution in [0.1, 0.15) is 20.3 Å². The molecule has 0 spiro atoms. The second-order valence-corrected chi connectivity index (χ2v) is 4.86. The van der Waals surface area contributed by atoms with Crippen LogP contribution in [-0.2, 0) is 19.6 Å². The highest BCUT2D eigenvalue weighted by atomic mass is 35.5. The molecule has 20 heavy (non-hydrogen) atoms. The largest absolute Gasteiger partial charge is 0.383 e. The Kier molecular flexibility index (Phi) is 4.17. The monoisotopic (exact) mass is 299 g/mol. The number of anilines is 1. The molecule has 2 aromatic heterocycles. The molecule has 0 aliphatic carbocycles. The molecule has 8 heteroatoms. The molecule has 0 saturated carbocycles. The lowest BCUT2D eigenvalue weighted by Gasteiger charge is -2.08. The molecular formula is C12H18ClN5O2. The van der Waals surface area contributed by atoms with Crippen LogP contribution in [0.3, 0.4) is 0 Å². The van der Waals surface area contributed by atoms with Crippen LogP contribution in [-0.4, -0.2) is 24.8 Å². The molecule has 0 bridgehead atoms. The van der Waals surface area contributed by atoms with E-state index in [1.807, 2.05) is 13.8 Å². The molecule has 2 aromatic rings. The fraction of sp³-hybridized carbons (Fsp3) is 0.583. The summed E-state index contributed by atoms with van der Waals surface area (Å²) < 4.78 is 4.16. The molecular weight excluding hydrogens is 282 g/mol. The van der Waals surface area contributed by atoms with Crippen molar-refractivity contribution in [2.45, 2.75) is 39.9 Å². The molecule has 0 aromatic carbocycles. The number of halogens is 1. The Morgan fingerprint density at radius 1 is 1.20 bits per heavy atom. The SMILES string of the molecule is CCCn1c(=O)c2c(N)n(CCCl)nc2n(CC)c1=O. The number of aryl methyl sites for hydroxylation is 2. The fourth-order valence-electron chi connectivity index (χ4n) is 2.27. The van der Waals surface area contributed by atoms with E-state index in [1.54, 1.807) is 0 Å². The molecule has 0 fully saturated rings. The van der Waals surface area contributed by atoms with Gasteiger partial charge >= 0.3 is 5.69 Å². The van der Waals surface area contributed by atoms with Crippen LogP contribution in [0.25, 0.3) is 11.0 Å². The second-order valence-electron chi connectivity index (χ2n) is 4.48. The molecule has 0 aliphatic rings. The van der Waals surface area contributed by atoms with Gasteiger partial charge in [-0.3, -0.25) is 13.9 Å². The van der Waals surface area contributed by atoms with Crippen molar-refractivity contribution < 1.29 is 0 Å². The van der Waals surface area contributed by atoms with Gasteiger partial charge in [0.2, 0.25) is 0 Å². The molecule has 7 nitrogen and oxygen atoms in total. The molecule has 0 amide bonds. The summed E-state index contributed by atoms with van der Waals surface area (Å²) in [7, 11) is 0. The molecule has 0 radical (unpaired) electrons. The molecule has 2 rings (SSSR count). The first-order chi connectivity index (χ1) is 9.56. The zero-order chi connectivity index (χ0) is 14.9. The van der Waals surface area contributed by atoms with E-state index in [-0.39, 0.29) is 17.1 Å². The third kappa shape index (κ3) is 2.11. The Morgan fingerprint density at radius 3 is 2.45 bits per heavy atom.